The molecule has 3 heteroatoms. The van der Waals surface area contributed by atoms with Gasteiger partial charge >= 0.3 is 18.9 Å². The molecule has 0 aromatic carbocycles. The maximum absolute atomic E-state index is 5.19. The van der Waals surface area contributed by atoms with Gasteiger partial charge in [0, 0.05) is 5.60 Å². The van der Waals surface area contributed by atoms with E-state index in [9.17, 15) is 0 Å². The summed E-state index contributed by atoms with van der Waals surface area (Å²) in [5, 5.41) is 0. The van der Waals surface area contributed by atoms with Crippen LogP contribution in [-0.4, -0.2) is 22.2 Å². The van der Waals surface area contributed by atoms with Crippen LogP contribution >= 0.6 is 0 Å². The molecule has 0 heterocycles. The van der Waals surface area contributed by atoms with E-state index in [-0.39, 0.29) is 41.1 Å². The summed E-state index contributed by atoms with van der Waals surface area (Å²) in [6, 6.07) is 0. The zero-order chi connectivity index (χ0) is 5.21. The number of hydrogen-bond acceptors (Lipinski definition) is 1. The Morgan fingerprint density at radius 1 is 1.29 bits per heavy atom. The molecule has 38 valence electrons. The van der Waals surface area contributed by atoms with Crippen molar-refractivity contribution in [1.82, 2.24) is 0 Å². The summed E-state index contributed by atoms with van der Waals surface area (Å²) in [4.78, 5) is 0. The molecule has 0 aliphatic heterocycles. The predicted octanol–water partition coefficient (Wildman–Crippen LogP) is -2.91. The summed E-state index contributed by atoms with van der Waals surface area (Å²) < 4.78 is 5.19. The number of rotatable bonds is 0. The molecule has 0 fully saturated rings. The van der Waals surface area contributed by atoms with E-state index in [0.717, 1.165) is 0 Å². The van der Waals surface area contributed by atoms with Crippen LogP contribution in [0.15, 0.2) is 0 Å². The molecule has 0 aromatic heterocycles. The molecule has 0 amide bonds. The fraction of sp³-hybridized carbons (Fsp3) is 1.00. The monoisotopic (exact) mass is 110 g/mol. The SMILES string of the molecule is CC(C)(C)[O][AlH3-].[Li+]. The van der Waals surface area contributed by atoms with E-state index in [1.54, 1.807) is 0 Å². The fourth-order valence-electron chi connectivity index (χ4n) is 0. The molecular formula is C4H12AlLiO. The van der Waals surface area contributed by atoms with Gasteiger partial charge in [-0.25, -0.2) is 0 Å². The van der Waals surface area contributed by atoms with Crippen LogP contribution in [0.25, 0.3) is 0 Å². The standard InChI is InChI=1S/C4H9O.Al.Li.3H/c1-4(2,3)5;;;;;/h1-3H3;;;;;/q-1;;+1;;;. The van der Waals surface area contributed by atoms with Crippen molar-refractivity contribution in [2.75, 3.05) is 0 Å². The van der Waals surface area contributed by atoms with E-state index < -0.39 is 0 Å². The van der Waals surface area contributed by atoms with E-state index in [2.05, 4.69) is 20.8 Å². The smallest absolute Gasteiger partial charge is 0.661 e. The third kappa shape index (κ3) is 11.0. The summed E-state index contributed by atoms with van der Waals surface area (Å²) in [5.41, 5.74) is 0.153. The zero-order valence-electron chi connectivity index (χ0n) is 4.91. The van der Waals surface area contributed by atoms with Crippen LogP contribution in [0.2, 0.25) is 0 Å². The van der Waals surface area contributed by atoms with Crippen molar-refractivity contribution < 1.29 is 22.6 Å². The molecule has 0 aliphatic rings. The molecule has 0 saturated heterocycles. The molecule has 0 saturated carbocycles. The first-order valence-corrected chi connectivity index (χ1v) is 1.70. The van der Waals surface area contributed by atoms with Gasteiger partial charge in [0.2, 0.25) is 16.6 Å². The third-order valence-corrected chi connectivity index (χ3v) is 0. The summed E-state index contributed by atoms with van der Waals surface area (Å²) in [5.74, 6) is 0. The Balaban J connectivity index is 0. The van der Waals surface area contributed by atoms with Gasteiger partial charge in [-0.3, -0.25) is 0 Å². The summed E-state index contributed by atoms with van der Waals surface area (Å²) in [6.45, 7) is 6.25. The van der Waals surface area contributed by atoms with E-state index in [4.69, 9.17) is 3.79 Å². The van der Waals surface area contributed by atoms with Crippen LogP contribution in [0.4, 0.5) is 0 Å². The van der Waals surface area contributed by atoms with Crippen LogP contribution in [0.1, 0.15) is 20.8 Å². The minimum atomic E-state index is 0. The molecule has 1 nitrogen and oxygen atoms in total. The third-order valence-electron chi connectivity index (χ3n) is 0. The first kappa shape index (κ1) is 11.0. The second-order valence-corrected chi connectivity index (χ2v) is 2.11. The molecule has 0 radical (unpaired) electrons. The van der Waals surface area contributed by atoms with Crippen LogP contribution in [0, 0.1) is 0 Å². The maximum Gasteiger partial charge on any atom is 1.00 e. The van der Waals surface area contributed by atoms with Gasteiger partial charge in [-0.05, 0) is 20.8 Å². The Labute approximate surface area is 65.7 Å². The van der Waals surface area contributed by atoms with Gasteiger partial charge in [-0.1, -0.05) is 0 Å². The minimum Gasteiger partial charge on any atom is -0.661 e. The molecule has 0 atom stereocenters. The molecule has 0 spiro atoms. The first-order valence-electron chi connectivity index (χ1n) is 1.70. The van der Waals surface area contributed by atoms with Crippen molar-refractivity contribution in [1.29, 1.82) is 0 Å². The average molecular weight is 110 g/mol. The maximum atomic E-state index is 5.19. The van der Waals surface area contributed by atoms with Crippen LogP contribution < -0.4 is 18.9 Å². The van der Waals surface area contributed by atoms with Crippen molar-refractivity contribution >= 4 is 16.6 Å². The summed E-state index contributed by atoms with van der Waals surface area (Å²) in [6.07, 6.45) is 0. The molecule has 0 aromatic rings. The molecule has 7 heavy (non-hydrogen) atoms. The molecule has 0 aliphatic carbocycles. The van der Waals surface area contributed by atoms with Gasteiger partial charge in [0.1, 0.15) is 0 Å². The van der Waals surface area contributed by atoms with Gasteiger partial charge < -0.3 is 3.79 Å². The summed E-state index contributed by atoms with van der Waals surface area (Å²) in [7, 11) is 0. The predicted molar refractivity (Wildman–Crippen MR) is 30.8 cm³/mol. The van der Waals surface area contributed by atoms with Gasteiger partial charge in [0.25, 0.3) is 0 Å². The van der Waals surface area contributed by atoms with Crippen molar-refractivity contribution in [3.8, 4) is 0 Å². The van der Waals surface area contributed by atoms with E-state index in [0.29, 0.717) is 0 Å². The Morgan fingerprint density at radius 2 is 1.43 bits per heavy atom. The normalized spacial score (nSPS) is 10.7. The quantitative estimate of drug-likeness (QED) is 0.304. The van der Waals surface area contributed by atoms with Gasteiger partial charge in [-0.2, -0.15) is 0 Å². The van der Waals surface area contributed by atoms with E-state index >= 15 is 0 Å². The first-order chi connectivity index (χ1) is 2.56. The molecule has 0 unspecified atom stereocenters. The Kier molecular flexibility index (Phi) is 6.29. The fourth-order valence-corrected chi connectivity index (χ4v) is 0. The van der Waals surface area contributed by atoms with E-state index in [1.807, 2.05) is 0 Å². The van der Waals surface area contributed by atoms with Crippen LogP contribution in [0.5, 0.6) is 0 Å². The van der Waals surface area contributed by atoms with Crippen LogP contribution in [-0.2, 0) is 3.79 Å². The Bertz CT molecular complexity index is 41.4. The van der Waals surface area contributed by atoms with Crippen molar-refractivity contribution in [2.45, 2.75) is 26.4 Å². The van der Waals surface area contributed by atoms with Crippen molar-refractivity contribution in [3.05, 3.63) is 0 Å². The van der Waals surface area contributed by atoms with Gasteiger partial charge in [0.15, 0.2) is 0 Å². The van der Waals surface area contributed by atoms with Crippen LogP contribution in [0.3, 0.4) is 0 Å². The van der Waals surface area contributed by atoms with Crippen molar-refractivity contribution in [2.24, 2.45) is 0 Å². The van der Waals surface area contributed by atoms with E-state index in [1.165, 1.54) is 0 Å². The molecule has 0 N–H and O–H groups in total. The largest absolute Gasteiger partial charge is 1.00 e. The molecule has 0 bridgehead atoms. The van der Waals surface area contributed by atoms with Gasteiger partial charge in [-0.15, -0.1) is 0 Å². The Morgan fingerprint density at radius 3 is 1.43 bits per heavy atom. The average Bonchev–Trinajstić information content (AvgIpc) is 1.35. The minimum absolute atomic E-state index is 0. The Hall–Kier alpha value is 1.09. The molecule has 0 rings (SSSR count). The number of hydrogen-bond donors (Lipinski definition) is 0. The van der Waals surface area contributed by atoms with Gasteiger partial charge in [0.05, 0.1) is 0 Å². The summed E-state index contributed by atoms with van der Waals surface area (Å²) >= 11 is 0.160. The second-order valence-electron chi connectivity index (χ2n) is 2.11. The topological polar surface area (TPSA) is 9.23 Å². The zero-order valence-corrected chi connectivity index (χ0v) is 4.91. The van der Waals surface area contributed by atoms with Crippen molar-refractivity contribution in [3.63, 3.8) is 0 Å². The second kappa shape index (κ2) is 4.02. The molecular weight excluding hydrogens is 98.0 g/mol.